The summed E-state index contributed by atoms with van der Waals surface area (Å²) in [4.78, 5) is 36.3. The average Bonchev–Trinajstić information content (AvgIpc) is 2.71. The Morgan fingerprint density at radius 1 is 1.14 bits per heavy atom. The summed E-state index contributed by atoms with van der Waals surface area (Å²) < 4.78 is 16.1. The van der Waals surface area contributed by atoms with Gasteiger partial charge in [-0.25, -0.2) is 0 Å². The fourth-order valence-corrected chi connectivity index (χ4v) is 2.52. The second-order valence-electron chi connectivity index (χ2n) is 6.33. The molecule has 0 saturated heterocycles. The highest BCUT2D eigenvalue weighted by Gasteiger charge is 2.26. The zero-order chi connectivity index (χ0) is 21.0. The molecule has 2 aromatic carbocycles. The maximum absolute atomic E-state index is 12.6. The molecule has 0 aromatic heterocycles. The molecule has 1 aliphatic heterocycles. The summed E-state index contributed by atoms with van der Waals surface area (Å²) in [5, 5.41) is 14.0. The van der Waals surface area contributed by atoms with Gasteiger partial charge < -0.3 is 24.4 Å². The van der Waals surface area contributed by atoms with E-state index in [9.17, 15) is 19.7 Å². The number of rotatable bonds is 6. The minimum atomic E-state index is -0.662. The second-order valence-corrected chi connectivity index (χ2v) is 6.33. The van der Waals surface area contributed by atoms with Crippen molar-refractivity contribution in [3.63, 3.8) is 0 Å². The molecule has 1 heterocycles. The van der Waals surface area contributed by atoms with Gasteiger partial charge >= 0.3 is 0 Å². The Bertz CT molecular complexity index is 942. The van der Waals surface area contributed by atoms with Crippen LogP contribution in [-0.4, -0.2) is 55.6 Å². The van der Waals surface area contributed by atoms with E-state index in [1.807, 2.05) is 0 Å². The van der Waals surface area contributed by atoms with E-state index in [-0.39, 0.29) is 41.9 Å². The summed E-state index contributed by atoms with van der Waals surface area (Å²) in [6.45, 7) is 0.468. The number of anilines is 1. The Morgan fingerprint density at radius 3 is 2.34 bits per heavy atom. The van der Waals surface area contributed by atoms with Crippen LogP contribution >= 0.6 is 0 Å². The van der Waals surface area contributed by atoms with Gasteiger partial charge in [0.1, 0.15) is 24.5 Å². The first-order chi connectivity index (χ1) is 13.8. The third-order valence-electron chi connectivity index (χ3n) is 4.08. The molecule has 0 aliphatic carbocycles. The molecular formula is C19H19N3O7. The van der Waals surface area contributed by atoms with Gasteiger partial charge in [-0.3, -0.25) is 19.7 Å². The predicted octanol–water partition coefficient (Wildman–Crippen LogP) is 2.09. The molecule has 0 atom stereocenters. The molecule has 0 saturated carbocycles. The van der Waals surface area contributed by atoms with Crippen molar-refractivity contribution in [2.45, 2.75) is 0 Å². The number of ether oxygens (including phenoxy) is 3. The fraction of sp³-hybridized carbons (Fsp3) is 0.263. The first-order valence-electron chi connectivity index (χ1n) is 8.67. The lowest BCUT2D eigenvalue weighted by Gasteiger charge is -2.19. The number of nitro groups is 1. The summed E-state index contributed by atoms with van der Waals surface area (Å²) in [5.74, 6) is 0.108. The van der Waals surface area contributed by atoms with Gasteiger partial charge in [0.25, 0.3) is 17.5 Å². The van der Waals surface area contributed by atoms with Gasteiger partial charge in [0.2, 0.25) is 0 Å². The van der Waals surface area contributed by atoms with Crippen molar-refractivity contribution in [2.75, 3.05) is 39.2 Å². The van der Waals surface area contributed by atoms with Crippen molar-refractivity contribution >= 4 is 23.2 Å². The standard InChI is InChI=1S/C19H19N3O7/c1-21(2)18(23)11-29-13-5-3-12(4-6-13)20-19(24)14-9-16-17(28-8-7-27-16)10-15(14)22(25)26/h3-6,9-10H,7-8,11H2,1-2H3,(H,20,24). The summed E-state index contributed by atoms with van der Waals surface area (Å²) in [5.41, 5.74) is -0.115. The second kappa shape index (κ2) is 8.46. The van der Waals surface area contributed by atoms with E-state index >= 15 is 0 Å². The minimum Gasteiger partial charge on any atom is -0.486 e. The molecule has 152 valence electrons. The Morgan fingerprint density at radius 2 is 1.76 bits per heavy atom. The Kier molecular flexibility index (Phi) is 5.82. The molecule has 0 fully saturated rings. The number of nitrogens with zero attached hydrogens (tertiary/aromatic N) is 2. The quantitative estimate of drug-likeness (QED) is 0.581. The van der Waals surface area contributed by atoms with E-state index in [0.717, 1.165) is 0 Å². The maximum atomic E-state index is 12.6. The van der Waals surface area contributed by atoms with Crippen LogP contribution in [0.5, 0.6) is 17.2 Å². The highest BCUT2D eigenvalue weighted by atomic mass is 16.6. The smallest absolute Gasteiger partial charge is 0.286 e. The molecule has 0 unspecified atom stereocenters. The highest BCUT2D eigenvalue weighted by molar-refractivity contribution is 6.07. The third-order valence-corrected chi connectivity index (χ3v) is 4.08. The first kappa shape index (κ1) is 19.9. The highest BCUT2D eigenvalue weighted by Crippen LogP contribution is 2.36. The van der Waals surface area contributed by atoms with E-state index in [0.29, 0.717) is 18.0 Å². The van der Waals surface area contributed by atoms with Crippen LogP contribution in [0.15, 0.2) is 36.4 Å². The predicted molar refractivity (Wildman–Crippen MR) is 103 cm³/mol. The topological polar surface area (TPSA) is 120 Å². The number of likely N-dealkylation sites (N-methyl/N-ethyl adjacent to an activating group) is 1. The van der Waals surface area contributed by atoms with Gasteiger partial charge in [0.05, 0.1) is 11.0 Å². The van der Waals surface area contributed by atoms with E-state index in [1.54, 1.807) is 38.4 Å². The molecule has 1 N–H and O–H groups in total. The number of hydrogen-bond donors (Lipinski definition) is 1. The van der Waals surface area contributed by atoms with Crippen molar-refractivity contribution in [1.29, 1.82) is 0 Å². The van der Waals surface area contributed by atoms with E-state index in [1.165, 1.54) is 17.0 Å². The third kappa shape index (κ3) is 4.72. The molecule has 0 radical (unpaired) electrons. The SMILES string of the molecule is CN(C)C(=O)COc1ccc(NC(=O)c2cc3c(cc2[N+](=O)[O-])OCCO3)cc1. The van der Waals surface area contributed by atoms with E-state index in [2.05, 4.69) is 5.32 Å². The molecular weight excluding hydrogens is 382 g/mol. The number of amides is 2. The number of nitrogens with one attached hydrogen (secondary N) is 1. The lowest BCUT2D eigenvalue weighted by atomic mass is 10.1. The molecule has 10 nitrogen and oxygen atoms in total. The number of carbonyl (C=O) groups excluding carboxylic acids is 2. The van der Waals surface area contributed by atoms with Crippen molar-refractivity contribution in [3.05, 3.63) is 52.1 Å². The lowest BCUT2D eigenvalue weighted by Crippen LogP contribution is -2.27. The molecule has 0 bridgehead atoms. The van der Waals surface area contributed by atoms with Crippen molar-refractivity contribution < 1.29 is 28.7 Å². The molecule has 3 rings (SSSR count). The van der Waals surface area contributed by atoms with Crippen LogP contribution in [0.25, 0.3) is 0 Å². The molecule has 29 heavy (non-hydrogen) atoms. The Hall–Kier alpha value is -3.82. The van der Waals surface area contributed by atoms with Crippen LogP contribution < -0.4 is 19.5 Å². The van der Waals surface area contributed by atoms with Crippen molar-refractivity contribution in [3.8, 4) is 17.2 Å². The van der Waals surface area contributed by atoms with Crippen LogP contribution in [-0.2, 0) is 4.79 Å². The molecule has 10 heteroatoms. The average molecular weight is 401 g/mol. The lowest BCUT2D eigenvalue weighted by molar-refractivity contribution is -0.385. The van der Waals surface area contributed by atoms with Gasteiger partial charge in [-0.05, 0) is 24.3 Å². The monoisotopic (exact) mass is 401 g/mol. The maximum Gasteiger partial charge on any atom is 0.286 e. The van der Waals surface area contributed by atoms with Crippen LogP contribution in [0.4, 0.5) is 11.4 Å². The van der Waals surface area contributed by atoms with Crippen LogP contribution in [0.2, 0.25) is 0 Å². The van der Waals surface area contributed by atoms with Gasteiger partial charge in [0.15, 0.2) is 18.1 Å². The number of carbonyl (C=O) groups is 2. The molecule has 0 spiro atoms. The molecule has 2 amide bonds. The van der Waals surface area contributed by atoms with Crippen molar-refractivity contribution in [2.24, 2.45) is 0 Å². The Balaban J connectivity index is 1.73. The largest absolute Gasteiger partial charge is 0.486 e. The van der Waals surface area contributed by atoms with Gasteiger partial charge in [-0.1, -0.05) is 0 Å². The fourth-order valence-electron chi connectivity index (χ4n) is 2.52. The first-order valence-corrected chi connectivity index (χ1v) is 8.67. The zero-order valence-electron chi connectivity index (χ0n) is 15.8. The number of fused-ring (bicyclic) bond motifs is 1. The van der Waals surface area contributed by atoms with Crippen LogP contribution in [0.1, 0.15) is 10.4 Å². The summed E-state index contributed by atoms with van der Waals surface area (Å²) in [6.07, 6.45) is 0. The summed E-state index contributed by atoms with van der Waals surface area (Å²) in [6, 6.07) is 8.77. The molecule has 1 aliphatic rings. The normalized spacial score (nSPS) is 12.1. The van der Waals surface area contributed by atoms with E-state index < -0.39 is 10.8 Å². The van der Waals surface area contributed by atoms with Gasteiger partial charge in [0, 0.05) is 25.8 Å². The number of hydrogen-bond acceptors (Lipinski definition) is 7. The van der Waals surface area contributed by atoms with Crippen molar-refractivity contribution in [1.82, 2.24) is 4.90 Å². The van der Waals surface area contributed by atoms with Gasteiger partial charge in [-0.2, -0.15) is 0 Å². The van der Waals surface area contributed by atoms with Gasteiger partial charge in [-0.15, -0.1) is 0 Å². The van der Waals surface area contributed by atoms with Crippen LogP contribution in [0.3, 0.4) is 0 Å². The number of benzene rings is 2. The Labute approximate surface area is 166 Å². The summed E-state index contributed by atoms with van der Waals surface area (Å²) >= 11 is 0. The van der Waals surface area contributed by atoms with Crippen LogP contribution in [0, 0.1) is 10.1 Å². The number of nitro benzene ring substituents is 1. The molecule has 2 aromatic rings. The van der Waals surface area contributed by atoms with E-state index in [4.69, 9.17) is 14.2 Å². The minimum absolute atomic E-state index is 0.109. The summed E-state index contributed by atoms with van der Waals surface area (Å²) in [7, 11) is 3.25. The zero-order valence-corrected chi connectivity index (χ0v) is 15.8.